The van der Waals surface area contributed by atoms with E-state index in [0.29, 0.717) is 6.42 Å². The van der Waals surface area contributed by atoms with Gasteiger partial charge in [0.25, 0.3) is 0 Å². The van der Waals surface area contributed by atoms with Crippen LogP contribution in [-0.2, 0) is 4.79 Å². The minimum atomic E-state index is 0.00745. The number of allylic oxidation sites excluding steroid dienone is 1. The summed E-state index contributed by atoms with van der Waals surface area (Å²) in [6.45, 7) is 0.886. The van der Waals surface area contributed by atoms with Crippen LogP contribution in [0.15, 0.2) is 12.2 Å². The van der Waals surface area contributed by atoms with Crippen LogP contribution in [0.2, 0.25) is 0 Å². The molecule has 3 nitrogen and oxygen atoms in total. The van der Waals surface area contributed by atoms with Crippen LogP contribution in [0.5, 0.6) is 0 Å². The molecule has 0 fully saturated rings. The van der Waals surface area contributed by atoms with E-state index in [1.807, 2.05) is 13.1 Å². The summed E-state index contributed by atoms with van der Waals surface area (Å²) in [5.41, 5.74) is 0. The molecule has 3 heteroatoms. The summed E-state index contributed by atoms with van der Waals surface area (Å²) in [5, 5.41) is 8.98. The van der Waals surface area contributed by atoms with Crippen molar-refractivity contribution in [3.8, 4) is 0 Å². The third-order valence-electron chi connectivity index (χ3n) is 2.37. The van der Waals surface area contributed by atoms with Crippen molar-refractivity contribution in [2.75, 3.05) is 20.2 Å². The molecular weight excluding hydrogens is 166 g/mol. The molecule has 74 valence electrons. The maximum Gasteiger partial charge on any atom is 0.222 e. The first kappa shape index (κ1) is 10.3. The number of carbonyl (C=O) groups is 1. The van der Waals surface area contributed by atoms with Crippen LogP contribution in [0.3, 0.4) is 0 Å². The van der Waals surface area contributed by atoms with Gasteiger partial charge in [0.05, 0.1) is 0 Å². The third-order valence-corrected chi connectivity index (χ3v) is 2.37. The van der Waals surface area contributed by atoms with Crippen molar-refractivity contribution in [2.24, 2.45) is 5.92 Å². The molecule has 1 aliphatic heterocycles. The van der Waals surface area contributed by atoms with Gasteiger partial charge in [-0.2, -0.15) is 0 Å². The molecule has 0 aliphatic carbocycles. The molecule has 0 saturated carbocycles. The van der Waals surface area contributed by atoms with Gasteiger partial charge in [-0.05, 0) is 12.8 Å². The van der Waals surface area contributed by atoms with E-state index in [9.17, 15) is 4.79 Å². The molecule has 0 saturated heterocycles. The molecule has 0 radical (unpaired) electrons. The minimum Gasteiger partial charge on any atom is -0.396 e. The van der Waals surface area contributed by atoms with Crippen LogP contribution in [0.25, 0.3) is 0 Å². The van der Waals surface area contributed by atoms with Crippen LogP contribution in [0.1, 0.15) is 19.3 Å². The van der Waals surface area contributed by atoms with Gasteiger partial charge in [0, 0.05) is 32.5 Å². The second-order valence-electron chi connectivity index (χ2n) is 3.53. The first-order valence-corrected chi connectivity index (χ1v) is 4.75. The molecular formula is C10H17NO2. The van der Waals surface area contributed by atoms with Gasteiger partial charge >= 0.3 is 0 Å². The zero-order valence-corrected chi connectivity index (χ0v) is 8.07. The van der Waals surface area contributed by atoms with Crippen LogP contribution >= 0.6 is 0 Å². The Morgan fingerprint density at radius 1 is 1.69 bits per heavy atom. The number of hydrogen-bond acceptors (Lipinski definition) is 2. The number of amides is 1. The Balaban J connectivity index is 2.59. The Bertz CT molecular complexity index is 201. The number of aliphatic hydroxyl groups excluding tert-OH is 1. The van der Waals surface area contributed by atoms with E-state index in [1.54, 1.807) is 4.90 Å². The normalized spacial score (nSPS) is 27.7. The largest absolute Gasteiger partial charge is 0.396 e. The first-order valence-electron chi connectivity index (χ1n) is 4.75. The van der Waals surface area contributed by atoms with E-state index in [0.717, 1.165) is 19.4 Å². The first-order chi connectivity index (χ1) is 6.24. The average molecular weight is 183 g/mol. The highest BCUT2D eigenvalue weighted by atomic mass is 16.3. The fraction of sp³-hybridized carbons (Fsp3) is 0.700. The quantitative estimate of drug-likeness (QED) is 0.611. The van der Waals surface area contributed by atoms with Crippen molar-refractivity contribution in [1.29, 1.82) is 0 Å². The van der Waals surface area contributed by atoms with Crippen molar-refractivity contribution in [3.05, 3.63) is 12.2 Å². The third kappa shape index (κ3) is 3.19. The molecule has 1 aliphatic rings. The molecule has 1 amide bonds. The molecule has 1 heterocycles. The van der Waals surface area contributed by atoms with Crippen molar-refractivity contribution < 1.29 is 9.90 Å². The lowest BCUT2D eigenvalue weighted by Crippen LogP contribution is -2.29. The lowest BCUT2D eigenvalue weighted by Gasteiger charge is -2.17. The maximum atomic E-state index is 11.5. The lowest BCUT2D eigenvalue weighted by atomic mass is 10.1. The molecule has 1 atom stereocenters. The highest BCUT2D eigenvalue weighted by Crippen LogP contribution is 2.10. The van der Waals surface area contributed by atoms with Crippen LogP contribution in [0.4, 0.5) is 0 Å². The van der Waals surface area contributed by atoms with Gasteiger partial charge < -0.3 is 10.0 Å². The molecule has 1 N–H and O–H groups in total. The molecule has 1 unspecified atom stereocenters. The summed E-state index contributed by atoms with van der Waals surface area (Å²) in [7, 11) is 1.82. The zero-order valence-electron chi connectivity index (χ0n) is 8.07. The molecule has 13 heavy (non-hydrogen) atoms. The highest BCUT2D eigenvalue weighted by Gasteiger charge is 2.14. The molecule has 0 aromatic carbocycles. The zero-order chi connectivity index (χ0) is 9.68. The minimum absolute atomic E-state index is 0.00745. The van der Waals surface area contributed by atoms with E-state index < -0.39 is 0 Å². The average Bonchev–Trinajstić information content (AvgIpc) is 2.20. The van der Waals surface area contributed by atoms with Gasteiger partial charge in [-0.1, -0.05) is 12.2 Å². The molecule has 1 rings (SSSR count). The van der Waals surface area contributed by atoms with E-state index in [1.165, 1.54) is 0 Å². The Hall–Kier alpha value is -0.830. The second-order valence-corrected chi connectivity index (χ2v) is 3.53. The van der Waals surface area contributed by atoms with E-state index in [2.05, 4.69) is 6.08 Å². The fourth-order valence-electron chi connectivity index (χ4n) is 1.43. The smallest absolute Gasteiger partial charge is 0.222 e. The van der Waals surface area contributed by atoms with Gasteiger partial charge in [-0.15, -0.1) is 0 Å². The molecule has 0 bridgehead atoms. The molecule has 0 aromatic rings. The Morgan fingerprint density at radius 3 is 3.15 bits per heavy atom. The standard InChI is InChI=1S/C10H17NO2/c1-11-6-4-2-3-5-9(8-12)7-10(11)13/h3,5,9,12H,2,4,6-8H2,1H3/b5-3-. The Morgan fingerprint density at radius 2 is 2.46 bits per heavy atom. The van der Waals surface area contributed by atoms with Crippen molar-refractivity contribution in [1.82, 2.24) is 4.90 Å². The van der Waals surface area contributed by atoms with Crippen molar-refractivity contribution in [2.45, 2.75) is 19.3 Å². The van der Waals surface area contributed by atoms with Crippen LogP contribution in [-0.4, -0.2) is 36.1 Å². The van der Waals surface area contributed by atoms with Gasteiger partial charge in [0.15, 0.2) is 0 Å². The summed E-state index contributed by atoms with van der Waals surface area (Å²) in [5.74, 6) is 0.138. The number of carbonyl (C=O) groups excluding carboxylic acids is 1. The van der Waals surface area contributed by atoms with Crippen molar-refractivity contribution >= 4 is 5.91 Å². The predicted molar refractivity (Wildman–Crippen MR) is 51.2 cm³/mol. The second kappa shape index (κ2) is 5.02. The van der Waals surface area contributed by atoms with Gasteiger partial charge in [0.1, 0.15) is 0 Å². The topological polar surface area (TPSA) is 40.5 Å². The number of aliphatic hydroxyl groups is 1. The summed E-state index contributed by atoms with van der Waals surface area (Å²) >= 11 is 0. The predicted octanol–water partition coefficient (Wildman–Crippen LogP) is 0.793. The summed E-state index contributed by atoms with van der Waals surface area (Å²) in [6.07, 6.45) is 6.46. The number of rotatable bonds is 1. The summed E-state index contributed by atoms with van der Waals surface area (Å²) in [6, 6.07) is 0. The van der Waals surface area contributed by atoms with E-state index >= 15 is 0 Å². The van der Waals surface area contributed by atoms with Crippen molar-refractivity contribution in [3.63, 3.8) is 0 Å². The fourth-order valence-corrected chi connectivity index (χ4v) is 1.43. The number of hydrogen-bond donors (Lipinski definition) is 1. The van der Waals surface area contributed by atoms with E-state index in [-0.39, 0.29) is 18.4 Å². The van der Waals surface area contributed by atoms with Crippen LogP contribution < -0.4 is 0 Å². The van der Waals surface area contributed by atoms with Gasteiger partial charge in [-0.3, -0.25) is 4.79 Å². The van der Waals surface area contributed by atoms with Gasteiger partial charge in [-0.25, -0.2) is 0 Å². The monoisotopic (exact) mass is 183 g/mol. The molecule has 0 aromatic heterocycles. The SMILES string of the molecule is CN1CCC/C=C\C(CO)CC1=O. The van der Waals surface area contributed by atoms with Crippen LogP contribution in [0, 0.1) is 5.92 Å². The summed E-state index contributed by atoms with van der Waals surface area (Å²) in [4.78, 5) is 13.2. The van der Waals surface area contributed by atoms with E-state index in [4.69, 9.17) is 5.11 Å². The molecule has 0 spiro atoms. The Kier molecular flexibility index (Phi) is 3.96. The Labute approximate surface area is 79.0 Å². The van der Waals surface area contributed by atoms with Gasteiger partial charge in [0.2, 0.25) is 5.91 Å². The maximum absolute atomic E-state index is 11.5. The number of nitrogens with zero attached hydrogens (tertiary/aromatic N) is 1. The summed E-state index contributed by atoms with van der Waals surface area (Å²) < 4.78 is 0. The highest BCUT2D eigenvalue weighted by molar-refractivity contribution is 5.76. The lowest BCUT2D eigenvalue weighted by molar-refractivity contribution is -0.130.